The highest BCUT2D eigenvalue weighted by Crippen LogP contribution is 2.30. The molecule has 0 amide bonds. The maximum atomic E-state index is 12.1. The quantitative estimate of drug-likeness (QED) is 0.815. The largest absolute Gasteiger partial charge is 0.372 e. The van der Waals surface area contributed by atoms with Gasteiger partial charge in [-0.1, -0.05) is 0 Å². The summed E-state index contributed by atoms with van der Waals surface area (Å²) in [5.74, 6) is 0. The van der Waals surface area contributed by atoms with Gasteiger partial charge in [0.1, 0.15) is 0 Å². The highest BCUT2D eigenvalue weighted by atomic mass is 32.2. The molecule has 0 unspecified atom stereocenters. The number of ether oxygens (including phenoxy) is 1. The zero-order chi connectivity index (χ0) is 16.7. The molecule has 1 aromatic carbocycles. The van der Waals surface area contributed by atoms with Crippen LogP contribution in [0.3, 0.4) is 0 Å². The molecule has 6 nitrogen and oxygen atoms in total. The van der Waals surface area contributed by atoms with Crippen molar-refractivity contribution in [1.82, 2.24) is 0 Å². The third-order valence-electron chi connectivity index (χ3n) is 3.52. The normalized spacial score (nSPS) is 23.5. The number of hydrogen-bond acceptors (Lipinski definition) is 6. The van der Waals surface area contributed by atoms with Crippen molar-refractivity contribution in [3.05, 3.63) is 18.2 Å². The lowest BCUT2D eigenvalue weighted by Crippen LogP contribution is -2.46. The number of anilines is 1. The predicted molar refractivity (Wildman–Crippen MR) is 84.9 cm³/mol. The molecule has 0 saturated carbocycles. The summed E-state index contributed by atoms with van der Waals surface area (Å²) in [5.41, 5.74) is 0.525. The van der Waals surface area contributed by atoms with Crippen LogP contribution in [-0.4, -0.2) is 54.6 Å². The van der Waals surface area contributed by atoms with E-state index in [4.69, 9.17) is 4.74 Å². The molecule has 2 rings (SSSR count). The SMILES string of the molecule is C[C@@H]1CN(c2ccc(S(C)(=O)=O)cc2S(C)(=O)=O)C[C@@H](C)O1. The molecule has 1 aliphatic heterocycles. The summed E-state index contributed by atoms with van der Waals surface area (Å²) in [7, 11) is -7.01. The Morgan fingerprint density at radius 1 is 1.00 bits per heavy atom. The Morgan fingerprint density at radius 2 is 1.55 bits per heavy atom. The van der Waals surface area contributed by atoms with E-state index < -0.39 is 19.7 Å². The lowest BCUT2D eigenvalue weighted by atomic mass is 10.2. The lowest BCUT2D eigenvalue weighted by Gasteiger charge is -2.37. The average molecular weight is 347 g/mol. The van der Waals surface area contributed by atoms with E-state index in [1.54, 1.807) is 6.07 Å². The summed E-state index contributed by atoms with van der Waals surface area (Å²) < 4.78 is 53.2. The van der Waals surface area contributed by atoms with Gasteiger partial charge in [-0.15, -0.1) is 0 Å². The molecule has 0 radical (unpaired) electrons. The molecular formula is C14H21NO5S2. The molecule has 124 valence electrons. The first kappa shape index (κ1) is 17.2. The van der Waals surface area contributed by atoms with E-state index in [-0.39, 0.29) is 22.0 Å². The minimum Gasteiger partial charge on any atom is -0.372 e. The Bertz CT molecular complexity index is 760. The molecule has 1 aliphatic rings. The van der Waals surface area contributed by atoms with E-state index in [0.29, 0.717) is 18.8 Å². The molecule has 1 saturated heterocycles. The van der Waals surface area contributed by atoms with Crippen molar-refractivity contribution >= 4 is 25.4 Å². The van der Waals surface area contributed by atoms with Crippen LogP contribution >= 0.6 is 0 Å². The van der Waals surface area contributed by atoms with Crippen molar-refractivity contribution < 1.29 is 21.6 Å². The van der Waals surface area contributed by atoms with Crippen molar-refractivity contribution in [2.45, 2.75) is 35.8 Å². The van der Waals surface area contributed by atoms with Gasteiger partial charge in [0.15, 0.2) is 19.7 Å². The van der Waals surface area contributed by atoms with Crippen LogP contribution in [0.1, 0.15) is 13.8 Å². The average Bonchev–Trinajstić information content (AvgIpc) is 2.34. The fourth-order valence-electron chi connectivity index (χ4n) is 2.66. The number of sulfone groups is 2. The van der Waals surface area contributed by atoms with Crippen molar-refractivity contribution in [2.24, 2.45) is 0 Å². The van der Waals surface area contributed by atoms with Crippen molar-refractivity contribution in [2.75, 3.05) is 30.5 Å². The van der Waals surface area contributed by atoms with Gasteiger partial charge in [0, 0.05) is 25.6 Å². The van der Waals surface area contributed by atoms with Crippen LogP contribution < -0.4 is 4.90 Å². The minimum atomic E-state index is -3.55. The predicted octanol–water partition coefficient (Wildman–Crippen LogP) is 1.11. The lowest BCUT2D eigenvalue weighted by molar-refractivity contribution is -0.00537. The van der Waals surface area contributed by atoms with Gasteiger partial charge in [-0.25, -0.2) is 16.8 Å². The molecule has 0 aliphatic carbocycles. The molecule has 22 heavy (non-hydrogen) atoms. The Morgan fingerprint density at radius 3 is 2.00 bits per heavy atom. The van der Waals surface area contributed by atoms with Crippen molar-refractivity contribution in [3.8, 4) is 0 Å². The van der Waals surface area contributed by atoms with Crippen LogP contribution in [-0.2, 0) is 24.4 Å². The molecular weight excluding hydrogens is 326 g/mol. The van der Waals surface area contributed by atoms with Crippen molar-refractivity contribution in [3.63, 3.8) is 0 Å². The van der Waals surface area contributed by atoms with E-state index in [0.717, 1.165) is 12.5 Å². The standard InChI is InChI=1S/C14H21NO5S2/c1-10-8-15(9-11(2)20-10)13-6-5-12(21(3,16)17)7-14(13)22(4,18)19/h5-7,10-11H,8-9H2,1-4H3/t10-,11-/m1/s1. The number of hydrogen-bond donors (Lipinski definition) is 0. The monoisotopic (exact) mass is 347 g/mol. The molecule has 1 heterocycles. The second kappa shape index (κ2) is 5.82. The zero-order valence-electron chi connectivity index (χ0n) is 13.1. The smallest absolute Gasteiger partial charge is 0.177 e. The Kier molecular flexibility index (Phi) is 4.56. The molecule has 0 spiro atoms. The third kappa shape index (κ3) is 3.80. The van der Waals surface area contributed by atoms with E-state index in [1.165, 1.54) is 12.1 Å². The summed E-state index contributed by atoms with van der Waals surface area (Å²) in [6, 6.07) is 4.26. The first-order chi connectivity index (χ1) is 9.98. The van der Waals surface area contributed by atoms with Crippen molar-refractivity contribution in [1.29, 1.82) is 0 Å². The zero-order valence-corrected chi connectivity index (χ0v) is 14.7. The first-order valence-corrected chi connectivity index (χ1v) is 10.7. The van der Waals surface area contributed by atoms with E-state index in [1.807, 2.05) is 18.7 Å². The van der Waals surface area contributed by atoms with E-state index >= 15 is 0 Å². The van der Waals surface area contributed by atoms with Gasteiger partial charge in [0.25, 0.3) is 0 Å². The second-order valence-corrected chi connectivity index (χ2v) is 9.84. The number of benzene rings is 1. The summed E-state index contributed by atoms with van der Waals surface area (Å²) in [6.45, 7) is 4.97. The van der Waals surface area contributed by atoms with E-state index in [9.17, 15) is 16.8 Å². The van der Waals surface area contributed by atoms with E-state index in [2.05, 4.69) is 0 Å². The Labute approximate surface area is 131 Å². The highest BCUT2D eigenvalue weighted by Gasteiger charge is 2.27. The fraction of sp³-hybridized carbons (Fsp3) is 0.571. The van der Waals surface area contributed by atoms with Crippen LogP contribution in [0.5, 0.6) is 0 Å². The highest BCUT2D eigenvalue weighted by molar-refractivity contribution is 7.91. The van der Waals surface area contributed by atoms with Gasteiger partial charge in [0.05, 0.1) is 27.7 Å². The minimum absolute atomic E-state index is 0.00558. The second-order valence-electron chi connectivity index (χ2n) is 5.84. The summed E-state index contributed by atoms with van der Waals surface area (Å²) in [6.07, 6.45) is 2.11. The molecule has 2 atom stereocenters. The summed E-state index contributed by atoms with van der Waals surface area (Å²) in [5, 5.41) is 0. The Hall–Kier alpha value is -1.12. The summed E-state index contributed by atoms with van der Waals surface area (Å²) >= 11 is 0. The van der Waals surface area contributed by atoms with Crippen LogP contribution in [0, 0.1) is 0 Å². The maximum absolute atomic E-state index is 12.1. The molecule has 0 bridgehead atoms. The van der Waals surface area contributed by atoms with Gasteiger partial charge >= 0.3 is 0 Å². The molecule has 1 aromatic rings. The fourth-order valence-corrected chi connectivity index (χ4v) is 4.30. The van der Waals surface area contributed by atoms with Crippen LogP contribution in [0.2, 0.25) is 0 Å². The maximum Gasteiger partial charge on any atom is 0.177 e. The van der Waals surface area contributed by atoms with Crippen LogP contribution in [0.15, 0.2) is 28.0 Å². The van der Waals surface area contributed by atoms with Crippen LogP contribution in [0.4, 0.5) is 5.69 Å². The van der Waals surface area contributed by atoms with Gasteiger partial charge in [-0.05, 0) is 32.0 Å². The summed E-state index contributed by atoms with van der Waals surface area (Å²) in [4.78, 5) is 1.98. The third-order valence-corrected chi connectivity index (χ3v) is 5.76. The van der Waals surface area contributed by atoms with Gasteiger partial charge in [0.2, 0.25) is 0 Å². The number of morpholine rings is 1. The molecule has 1 fully saturated rings. The molecule has 0 aromatic heterocycles. The number of nitrogens with zero attached hydrogens (tertiary/aromatic N) is 1. The van der Waals surface area contributed by atoms with Gasteiger partial charge in [-0.3, -0.25) is 0 Å². The first-order valence-electron chi connectivity index (χ1n) is 6.93. The molecule has 8 heteroatoms. The Balaban J connectivity index is 2.56. The topological polar surface area (TPSA) is 80.8 Å². The van der Waals surface area contributed by atoms with Gasteiger partial charge < -0.3 is 9.64 Å². The van der Waals surface area contributed by atoms with Crippen LogP contribution in [0.25, 0.3) is 0 Å². The molecule has 0 N–H and O–H groups in total. The number of rotatable bonds is 3. The van der Waals surface area contributed by atoms with Gasteiger partial charge in [-0.2, -0.15) is 0 Å².